The molecule has 2 aromatic carbocycles. The summed E-state index contributed by atoms with van der Waals surface area (Å²) in [6, 6.07) is 16.6. The van der Waals surface area contributed by atoms with E-state index in [1.807, 2.05) is 12.1 Å². The Balaban J connectivity index is 1.89. The van der Waals surface area contributed by atoms with Crippen LogP contribution < -0.4 is 5.73 Å². The average Bonchev–Trinajstić information content (AvgIpc) is 2.58. The van der Waals surface area contributed by atoms with Gasteiger partial charge >= 0.3 is 0 Å². The number of nitrogens with two attached hydrogens (primary N) is 1. The summed E-state index contributed by atoms with van der Waals surface area (Å²) in [5.41, 5.74) is 7.41. The monoisotopic (exact) mass is 327 g/mol. The first-order valence-corrected chi connectivity index (χ1v) is 8.64. The standard InChI is InChI=1S/C19H21NO2S/c1-14-5-7-16(8-6-14)23-17-4-2-3-15(13-17)19(18(20)21)9-11-22-12-10-19/h2-8,13H,9-12H2,1H3,(H2,20,21). The number of amides is 1. The molecule has 1 aliphatic rings. The highest BCUT2D eigenvalue weighted by Crippen LogP contribution is 2.37. The Labute approximate surface area is 141 Å². The van der Waals surface area contributed by atoms with E-state index in [0.717, 1.165) is 10.5 Å². The van der Waals surface area contributed by atoms with Crippen molar-refractivity contribution in [1.29, 1.82) is 0 Å². The molecular formula is C19H21NO2S. The molecule has 4 heteroatoms. The Morgan fingerprint density at radius 2 is 1.78 bits per heavy atom. The zero-order chi connectivity index (χ0) is 16.3. The quantitative estimate of drug-likeness (QED) is 0.932. The summed E-state index contributed by atoms with van der Waals surface area (Å²) in [5, 5.41) is 0. The van der Waals surface area contributed by atoms with Crippen LogP contribution in [0, 0.1) is 6.92 Å². The number of primary amides is 1. The molecule has 23 heavy (non-hydrogen) atoms. The van der Waals surface area contributed by atoms with Crippen molar-refractivity contribution in [3.63, 3.8) is 0 Å². The molecule has 3 rings (SSSR count). The van der Waals surface area contributed by atoms with E-state index in [9.17, 15) is 4.79 Å². The van der Waals surface area contributed by atoms with E-state index in [-0.39, 0.29) is 5.91 Å². The highest BCUT2D eigenvalue weighted by molar-refractivity contribution is 7.99. The summed E-state index contributed by atoms with van der Waals surface area (Å²) in [5.74, 6) is -0.252. The molecule has 0 unspecified atom stereocenters. The van der Waals surface area contributed by atoms with Crippen LogP contribution in [0.3, 0.4) is 0 Å². The summed E-state index contributed by atoms with van der Waals surface area (Å²) < 4.78 is 5.42. The molecule has 3 nitrogen and oxygen atoms in total. The highest BCUT2D eigenvalue weighted by atomic mass is 32.2. The lowest BCUT2D eigenvalue weighted by Crippen LogP contribution is -2.45. The van der Waals surface area contributed by atoms with Crippen LogP contribution in [0.25, 0.3) is 0 Å². The molecule has 0 spiro atoms. The topological polar surface area (TPSA) is 52.3 Å². The number of benzene rings is 2. The minimum absolute atomic E-state index is 0.252. The second kappa shape index (κ2) is 6.77. The molecule has 0 aliphatic carbocycles. The van der Waals surface area contributed by atoms with Gasteiger partial charge in [-0.15, -0.1) is 0 Å². The van der Waals surface area contributed by atoms with Crippen molar-refractivity contribution in [2.24, 2.45) is 5.73 Å². The van der Waals surface area contributed by atoms with Crippen LogP contribution >= 0.6 is 11.8 Å². The molecule has 0 aromatic heterocycles. The summed E-state index contributed by atoms with van der Waals surface area (Å²) in [6.45, 7) is 3.24. The van der Waals surface area contributed by atoms with Crippen LogP contribution in [-0.4, -0.2) is 19.1 Å². The molecule has 2 aromatic rings. The number of hydrogen-bond donors (Lipinski definition) is 1. The van der Waals surface area contributed by atoms with Crippen LogP contribution in [0.1, 0.15) is 24.0 Å². The normalized spacial score (nSPS) is 16.9. The third-order valence-electron chi connectivity index (χ3n) is 4.46. The number of aryl methyl sites for hydroxylation is 1. The van der Waals surface area contributed by atoms with E-state index in [0.29, 0.717) is 26.1 Å². The summed E-state index contributed by atoms with van der Waals surface area (Å²) >= 11 is 1.70. The first-order chi connectivity index (χ1) is 11.1. The van der Waals surface area contributed by atoms with Crippen LogP contribution in [0.4, 0.5) is 0 Å². The summed E-state index contributed by atoms with van der Waals surface area (Å²) in [7, 11) is 0. The molecule has 0 saturated carbocycles. The van der Waals surface area contributed by atoms with E-state index < -0.39 is 5.41 Å². The second-order valence-corrected chi connectivity index (χ2v) is 7.15. The van der Waals surface area contributed by atoms with Crippen LogP contribution in [0.2, 0.25) is 0 Å². The predicted octanol–water partition coefficient (Wildman–Crippen LogP) is 3.68. The molecule has 0 radical (unpaired) electrons. The summed E-state index contributed by atoms with van der Waals surface area (Å²) in [6.07, 6.45) is 1.31. The van der Waals surface area contributed by atoms with Gasteiger partial charge in [0.2, 0.25) is 5.91 Å². The fourth-order valence-electron chi connectivity index (χ4n) is 3.00. The number of hydrogen-bond acceptors (Lipinski definition) is 3. The van der Waals surface area contributed by atoms with Crippen molar-refractivity contribution < 1.29 is 9.53 Å². The molecule has 120 valence electrons. The molecule has 1 fully saturated rings. The largest absolute Gasteiger partial charge is 0.381 e. The first-order valence-electron chi connectivity index (χ1n) is 7.83. The smallest absolute Gasteiger partial charge is 0.228 e. The lowest BCUT2D eigenvalue weighted by atomic mass is 9.73. The maximum Gasteiger partial charge on any atom is 0.228 e. The van der Waals surface area contributed by atoms with Crippen LogP contribution in [-0.2, 0) is 14.9 Å². The minimum Gasteiger partial charge on any atom is -0.381 e. The predicted molar refractivity (Wildman–Crippen MR) is 92.7 cm³/mol. The van der Waals surface area contributed by atoms with Crippen molar-refractivity contribution >= 4 is 17.7 Å². The van der Waals surface area contributed by atoms with E-state index in [4.69, 9.17) is 10.5 Å². The van der Waals surface area contributed by atoms with Crippen molar-refractivity contribution in [2.75, 3.05) is 13.2 Å². The lowest BCUT2D eigenvalue weighted by molar-refractivity contribution is -0.127. The first kappa shape index (κ1) is 16.1. The van der Waals surface area contributed by atoms with Crippen molar-refractivity contribution in [3.05, 3.63) is 59.7 Å². The zero-order valence-electron chi connectivity index (χ0n) is 13.2. The van der Waals surface area contributed by atoms with Gasteiger partial charge in [0.25, 0.3) is 0 Å². The number of carbonyl (C=O) groups is 1. The van der Waals surface area contributed by atoms with Crippen molar-refractivity contribution in [2.45, 2.75) is 35.0 Å². The minimum atomic E-state index is -0.595. The Morgan fingerprint density at radius 3 is 2.43 bits per heavy atom. The second-order valence-electron chi connectivity index (χ2n) is 6.00. The molecule has 2 N–H and O–H groups in total. The fourth-order valence-corrected chi connectivity index (χ4v) is 3.87. The lowest BCUT2D eigenvalue weighted by Gasteiger charge is -2.34. The number of rotatable bonds is 4. The van der Waals surface area contributed by atoms with Gasteiger partial charge in [-0.1, -0.05) is 41.6 Å². The van der Waals surface area contributed by atoms with Gasteiger partial charge in [0.1, 0.15) is 0 Å². The van der Waals surface area contributed by atoms with E-state index in [1.165, 1.54) is 10.5 Å². The highest BCUT2D eigenvalue weighted by Gasteiger charge is 2.40. The van der Waals surface area contributed by atoms with Crippen LogP contribution in [0.5, 0.6) is 0 Å². The van der Waals surface area contributed by atoms with Gasteiger partial charge in [-0.25, -0.2) is 0 Å². The van der Waals surface area contributed by atoms with Crippen LogP contribution in [0.15, 0.2) is 58.3 Å². The number of carbonyl (C=O) groups excluding carboxylic acids is 1. The van der Waals surface area contributed by atoms with E-state index in [2.05, 4.69) is 43.3 Å². The Bertz CT molecular complexity index is 691. The molecule has 0 bridgehead atoms. The van der Waals surface area contributed by atoms with Gasteiger partial charge in [-0.2, -0.15) is 0 Å². The molecular weight excluding hydrogens is 306 g/mol. The summed E-state index contributed by atoms with van der Waals surface area (Å²) in [4.78, 5) is 14.5. The Hall–Kier alpha value is -1.78. The maximum absolute atomic E-state index is 12.1. The SMILES string of the molecule is Cc1ccc(Sc2cccc(C3(C(N)=O)CCOCC3)c2)cc1. The van der Waals surface area contributed by atoms with Gasteiger partial charge in [-0.3, -0.25) is 4.79 Å². The third kappa shape index (κ3) is 3.43. The Morgan fingerprint density at radius 1 is 1.09 bits per heavy atom. The third-order valence-corrected chi connectivity index (χ3v) is 5.46. The fraction of sp³-hybridized carbons (Fsp3) is 0.316. The molecule has 1 heterocycles. The maximum atomic E-state index is 12.1. The van der Waals surface area contributed by atoms with Crippen molar-refractivity contribution in [3.8, 4) is 0 Å². The van der Waals surface area contributed by atoms with E-state index >= 15 is 0 Å². The molecule has 1 saturated heterocycles. The van der Waals surface area contributed by atoms with Gasteiger partial charge < -0.3 is 10.5 Å². The molecule has 1 amide bonds. The molecule has 1 aliphatic heterocycles. The van der Waals surface area contributed by atoms with Crippen molar-refractivity contribution in [1.82, 2.24) is 0 Å². The Kier molecular flexibility index (Phi) is 4.74. The average molecular weight is 327 g/mol. The molecule has 0 atom stereocenters. The van der Waals surface area contributed by atoms with Gasteiger partial charge in [0.05, 0.1) is 5.41 Å². The van der Waals surface area contributed by atoms with Gasteiger partial charge in [0, 0.05) is 23.0 Å². The van der Waals surface area contributed by atoms with Gasteiger partial charge in [-0.05, 0) is 49.6 Å². The zero-order valence-corrected chi connectivity index (χ0v) is 14.1. The van der Waals surface area contributed by atoms with E-state index in [1.54, 1.807) is 11.8 Å². The van der Waals surface area contributed by atoms with Gasteiger partial charge in [0.15, 0.2) is 0 Å². The number of ether oxygens (including phenoxy) is 1.